The second-order valence-corrected chi connectivity index (χ2v) is 5.56. The number of aromatic nitrogens is 2. The standard InChI is InChI=1S/C9H17N5O2S/c1-6-8(10)13-7(2)14-9(6)11-4-5-12-17(3,15)16/h12H,4-5H2,1-3H3,(H3,10,11,13,14). The van der Waals surface area contributed by atoms with E-state index in [0.717, 1.165) is 11.8 Å². The van der Waals surface area contributed by atoms with Crippen molar-refractivity contribution < 1.29 is 8.42 Å². The molecule has 0 aliphatic carbocycles. The number of anilines is 2. The lowest BCUT2D eigenvalue weighted by atomic mass is 10.3. The highest BCUT2D eigenvalue weighted by atomic mass is 32.2. The number of nitrogens with two attached hydrogens (primary N) is 1. The van der Waals surface area contributed by atoms with Gasteiger partial charge >= 0.3 is 0 Å². The van der Waals surface area contributed by atoms with Crippen molar-refractivity contribution in [1.29, 1.82) is 0 Å². The number of nitrogen functional groups attached to an aromatic ring is 1. The third kappa shape index (κ3) is 4.53. The van der Waals surface area contributed by atoms with Gasteiger partial charge in [-0.05, 0) is 13.8 Å². The molecule has 0 aromatic carbocycles. The van der Waals surface area contributed by atoms with Crippen LogP contribution >= 0.6 is 0 Å². The first-order valence-corrected chi connectivity index (χ1v) is 6.98. The summed E-state index contributed by atoms with van der Waals surface area (Å²) in [7, 11) is -3.15. The molecule has 0 spiro atoms. The first-order valence-electron chi connectivity index (χ1n) is 5.09. The highest BCUT2D eigenvalue weighted by Crippen LogP contribution is 2.16. The second kappa shape index (κ2) is 5.28. The number of aryl methyl sites for hydroxylation is 1. The molecule has 0 saturated carbocycles. The highest BCUT2D eigenvalue weighted by molar-refractivity contribution is 7.88. The van der Waals surface area contributed by atoms with Gasteiger partial charge in [-0.25, -0.2) is 23.1 Å². The topological polar surface area (TPSA) is 110 Å². The van der Waals surface area contributed by atoms with Crippen molar-refractivity contribution in [2.75, 3.05) is 30.4 Å². The molecule has 0 aliphatic rings. The molecule has 0 bridgehead atoms. The summed E-state index contributed by atoms with van der Waals surface area (Å²) in [5, 5.41) is 3.01. The summed E-state index contributed by atoms with van der Waals surface area (Å²) in [6.45, 7) is 4.28. The average molecular weight is 259 g/mol. The van der Waals surface area contributed by atoms with Crippen molar-refractivity contribution in [2.45, 2.75) is 13.8 Å². The number of nitrogens with zero attached hydrogens (tertiary/aromatic N) is 2. The molecule has 0 unspecified atom stereocenters. The van der Waals surface area contributed by atoms with Crippen LogP contribution in [0.5, 0.6) is 0 Å². The third-order valence-corrected chi connectivity index (χ3v) is 2.81. The molecule has 1 aromatic heterocycles. The van der Waals surface area contributed by atoms with Gasteiger partial charge < -0.3 is 11.1 Å². The Hall–Kier alpha value is -1.41. The van der Waals surface area contributed by atoms with Crippen LogP contribution in [0.3, 0.4) is 0 Å². The summed E-state index contributed by atoms with van der Waals surface area (Å²) in [4.78, 5) is 8.20. The van der Waals surface area contributed by atoms with Gasteiger partial charge in [0.2, 0.25) is 10.0 Å². The van der Waals surface area contributed by atoms with Crippen LogP contribution in [0.25, 0.3) is 0 Å². The van der Waals surface area contributed by atoms with Crippen molar-refractivity contribution in [2.24, 2.45) is 0 Å². The maximum Gasteiger partial charge on any atom is 0.208 e. The molecule has 0 radical (unpaired) electrons. The van der Waals surface area contributed by atoms with Gasteiger partial charge in [-0.2, -0.15) is 0 Å². The fourth-order valence-corrected chi connectivity index (χ4v) is 1.71. The van der Waals surface area contributed by atoms with Crippen molar-refractivity contribution in [3.63, 3.8) is 0 Å². The maximum absolute atomic E-state index is 10.8. The molecule has 0 saturated heterocycles. The lowest BCUT2D eigenvalue weighted by molar-refractivity contribution is 0.589. The number of sulfonamides is 1. The predicted molar refractivity (Wildman–Crippen MR) is 67.3 cm³/mol. The quantitative estimate of drug-likeness (QED) is 0.623. The van der Waals surface area contributed by atoms with Crippen LogP contribution in [0, 0.1) is 13.8 Å². The fraction of sp³-hybridized carbons (Fsp3) is 0.556. The van der Waals surface area contributed by atoms with Crippen LogP contribution in [0.1, 0.15) is 11.4 Å². The van der Waals surface area contributed by atoms with Gasteiger partial charge in [0.15, 0.2) is 0 Å². The Bertz CT molecular complexity index is 500. The number of rotatable bonds is 5. The van der Waals surface area contributed by atoms with Gasteiger partial charge in [0.25, 0.3) is 0 Å². The van der Waals surface area contributed by atoms with Crippen molar-refractivity contribution >= 4 is 21.7 Å². The monoisotopic (exact) mass is 259 g/mol. The Balaban J connectivity index is 2.58. The number of hydrogen-bond donors (Lipinski definition) is 3. The number of nitrogens with one attached hydrogen (secondary N) is 2. The summed E-state index contributed by atoms with van der Waals surface area (Å²) in [6, 6.07) is 0. The minimum Gasteiger partial charge on any atom is -0.383 e. The van der Waals surface area contributed by atoms with Crippen LogP contribution in [0.15, 0.2) is 0 Å². The van der Waals surface area contributed by atoms with Crippen molar-refractivity contribution in [3.8, 4) is 0 Å². The molecule has 8 heteroatoms. The SMILES string of the molecule is Cc1nc(N)c(C)c(NCCNS(C)(=O)=O)n1. The fourth-order valence-electron chi connectivity index (χ4n) is 1.24. The molecule has 96 valence electrons. The zero-order chi connectivity index (χ0) is 13.1. The molecule has 0 atom stereocenters. The van der Waals surface area contributed by atoms with Crippen LogP contribution < -0.4 is 15.8 Å². The van der Waals surface area contributed by atoms with Gasteiger partial charge in [-0.15, -0.1) is 0 Å². The Morgan fingerprint density at radius 3 is 2.47 bits per heavy atom. The Labute approximate surface area is 101 Å². The van der Waals surface area contributed by atoms with Crippen molar-refractivity contribution in [1.82, 2.24) is 14.7 Å². The molecular weight excluding hydrogens is 242 g/mol. The zero-order valence-corrected chi connectivity index (χ0v) is 10.9. The minimum absolute atomic E-state index is 0.293. The molecule has 7 nitrogen and oxygen atoms in total. The summed E-state index contributed by atoms with van der Waals surface area (Å²) in [5.41, 5.74) is 6.45. The second-order valence-electron chi connectivity index (χ2n) is 3.72. The van der Waals surface area contributed by atoms with Crippen LogP contribution in [-0.2, 0) is 10.0 Å². The van der Waals surface area contributed by atoms with Gasteiger partial charge in [-0.1, -0.05) is 0 Å². The molecule has 1 heterocycles. The maximum atomic E-state index is 10.8. The predicted octanol–water partition coefficient (Wildman–Crippen LogP) is -0.363. The molecule has 17 heavy (non-hydrogen) atoms. The van der Waals surface area contributed by atoms with E-state index in [2.05, 4.69) is 20.0 Å². The first kappa shape index (κ1) is 13.7. The average Bonchev–Trinajstić information content (AvgIpc) is 2.18. The lowest BCUT2D eigenvalue weighted by Gasteiger charge is -2.10. The molecule has 0 fully saturated rings. The van der Waals surface area contributed by atoms with E-state index < -0.39 is 10.0 Å². The Morgan fingerprint density at radius 2 is 1.88 bits per heavy atom. The van der Waals surface area contributed by atoms with Crippen LogP contribution in [-0.4, -0.2) is 37.7 Å². The van der Waals surface area contributed by atoms with Gasteiger partial charge in [0.1, 0.15) is 17.5 Å². The molecule has 1 rings (SSSR count). The lowest BCUT2D eigenvalue weighted by Crippen LogP contribution is -2.28. The zero-order valence-electron chi connectivity index (χ0n) is 10.1. The van der Waals surface area contributed by atoms with E-state index in [1.54, 1.807) is 13.8 Å². The summed E-state index contributed by atoms with van der Waals surface area (Å²) in [5.74, 6) is 1.63. The van der Waals surface area contributed by atoms with E-state index >= 15 is 0 Å². The molecular formula is C9H17N5O2S. The van der Waals surface area contributed by atoms with Gasteiger partial charge in [0, 0.05) is 18.7 Å². The van der Waals surface area contributed by atoms with E-state index in [0.29, 0.717) is 30.5 Å². The van der Waals surface area contributed by atoms with Gasteiger partial charge in [0.05, 0.1) is 6.26 Å². The summed E-state index contributed by atoms with van der Waals surface area (Å²) >= 11 is 0. The van der Waals surface area contributed by atoms with Crippen molar-refractivity contribution in [3.05, 3.63) is 11.4 Å². The van der Waals surface area contributed by atoms with Crippen LogP contribution in [0.2, 0.25) is 0 Å². The molecule has 0 amide bonds. The van der Waals surface area contributed by atoms with E-state index in [1.165, 1.54) is 0 Å². The Morgan fingerprint density at radius 1 is 1.24 bits per heavy atom. The van der Waals surface area contributed by atoms with E-state index in [9.17, 15) is 8.42 Å². The smallest absolute Gasteiger partial charge is 0.208 e. The van der Waals surface area contributed by atoms with E-state index in [4.69, 9.17) is 5.73 Å². The Kier molecular flexibility index (Phi) is 4.24. The first-order chi connectivity index (χ1) is 7.79. The third-order valence-electron chi connectivity index (χ3n) is 2.08. The van der Waals surface area contributed by atoms with Crippen LogP contribution in [0.4, 0.5) is 11.6 Å². The minimum atomic E-state index is -3.15. The van der Waals surface area contributed by atoms with E-state index in [1.807, 2.05) is 0 Å². The van der Waals surface area contributed by atoms with Gasteiger partial charge in [-0.3, -0.25) is 0 Å². The number of hydrogen-bond acceptors (Lipinski definition) is 6. The molecule has 0 aliphatic heterocycles. The summed E-state index contributed by atoms with van der Waals surface area (Å²) in [6.07, 6.45) is 1.12. The summed E-state index contributed by atoms with van der Waals surface area (Å²) < 4.78 is 24.0. The highest BCUT2D eigenvalue weighted by Gasteiger charge is 2.06. The normalized spacial score (nSPS) is 11.5. The largest absolute Gasteiger partial charge is 0.383 e. The molecule has 1 aromatic rings. The van der Waals surface area contributed by atoms with E-state index in [-0.39, 0.29) is 0 Å². The molecule has 4 N–H and O–H groups in total.